The van der Waals surface area contributed by atoms with Gasteiger partial charge in [0.05, 0.1) is 7.11 Å². The van der Waals surface area contributed by atoms with Crippen LogP contribution in [0.3, 0.4) is 0 Å². The quantitative estimate of drug-likeness (QED) is 0.575. The molecule has 0 bridgehead atoms. The molecule has 1 aliphatic carbocycles. The van der Waals surface area contributed by atoms with Crippen LogP contribution in [0.15, 0.2) is 11.8 Å². The normalized spacial score (nSPS) is 21.9. The van der Waals surface area contributed by atoms with Crippen molar-refractivity contribution in [3.05, 3.63) is 11.8 Å². The molecule has 0 aromatic heterocycles. The predicted molar refractivity (Wildman–Crippen MR) is 69.5 cm³/mol. The van der Waals surface area contributed by atoms with Crippen LogP contribution < -0.4 is 0 Å². The van der Waals surface area contributed by atoms with E-state index in [4.69, 9.17) is 16.4 Å². The number of halogens is 1. The molecule has 98 valence electrons. The molecule has 0 saturated heterocycles. The maximum atomic E-state index is 11.7. The van der Waals surface area contributed by atoms with Crippen LogP contribution in [-0.2, 0) is 9.63 Å². The molecular weight excluding hydrogens is 238 g/mol. The first-order valence-corrected chi connectivity index (χ1v) is 6.39. The molecule has 0 aliphatic heterocycles. The van der Waals surface area contributed by atoms with Crippen LogP contribution in [-0.4, -0.2) is 24.0 Å². The minimum atomic E-state index is -0.214. The lowest BCUT2D eigenvalue weighted by molar-refractivity contribution is -0.165. The Morgan fingerprint density at radius 1 is 1.47 bits per heavy atom. The Kier molecular flexibility index (Phi) is 4.26. The van der Waals surface area contributed by atoms with Crippen molar-refractivity contribution in [3.8, 4) is 0 Å². The molecule has 0 atom stereocenters. The van der Waals surface area contributed by atoms with E-state index in [0.29, 0.717) is 0 Å². The van der Waals surface area contributed by atoms with Gasteiger partial charge in [-0.1, -0.05) is 33.8 Å². The number of alkyl halides is 1. The van der Waals surface area contributed by atoms with E-state index in [-0.39, 0.29) is 22.6 Å². The summed E-state index contributed by atoms with van der Waals surface area (Å²) in [6, 6.07) is 0. The molecule has 0 fully saturated rings. The van der Waals surface area contributed by atoms with Gasteiger partial charge in [-0.15, -0.1) is 11.6 Å². The second-order valence-corrected chi connectivity index (χ2v) is 6.41. The third kappa shape index (κ3) is 3.71. The lowest BCUT2D eigenvalue weighted by atomic mass is 9.68. The van der Waals surface area contributed by atoms with Gasteiger partial charge < -0.3 is 0 Å². The van der Waals surface area contributed by atoms with Gasteiger partial charge >= 0.3 is 0 Å². The molecule has 0 aromatic carbocycles. The van der Waals surface area contributed by atoms with Crippen molar-refractivity contribution in [2.24, 2.45) is 10.8 Å². The first-order chi connectivity index (χ1) is 7.71. The molecule has 0 aromatic rings. The molecule has 0 radical (unpaired) electrons. The maximum absolute atomic E-state index is 11.7. The monoisotopic (exact) mass is 259 g/mol. The molecule has 1 aliphatic rings. The highest BCUT2D eigenvalue weighted by Gasteiger charge is 2.36. The van der Waals surface area contributed by atoms with Crippen molar-refractivity contribution in [2.75, 3.05) is 13.0 Å². The number of allylic oxidation sites excluding steroid dienone is 2. The summed E-state index contributed by atoms with van der Waals surface area (Å²) < 4.78 is 0. The predicted octanol–water partition coefficient (Wildman–Crippen LogP) is 3.35. The van der Waals surface area contributed by atoms with Gasteiger partial charge in [-0.25, -0.2) is 0 Å². The number of amides is 1. The van der Waals surface area contributed by atoms with Crippen LogP contribution in [0, 0.1) is 10.8 Å². The van der Waals surface area contributed by atoms with Crippen LogP contribution in [0.25, 0.3) is 0 Å². The second kappa shape index (κ2) is 4.99. The van der Waals surface area contributed by atoms with Crippen LogP contribution in [0.1, 0.15) is 40.5 Å². The highest BCUT2D eigenvalue weighted by atomic mass is 35.5. The number of hydrogen-bond donors (Lipinski definition) is 0. The Bertz CT molecular complexity index is 334. The van der Waals surface area contributed by atoms with Crippen LogP contribution in [0.5, 0.6) is 0 Å². The number of hydrogen-bond acceptors (Lipinski definition) is 2. The topological polar surface area (TPSA) is 29.5 Å². The molecule has 17 heavy (non-hydrogen) atoms. The van der Waals surface area contributed by atoms with Crippen molar-refractivity contribution < 1.29 is 9.63 Å². The zero-order valence-corrected chi connectivity index (χ0v) is 12.1. The van der Waals surface area contributed by atoms with Gasteiger partial charge in [0, 0.05) is 5.70 Å². The van der Waals surface area contributed by atoms with E-state index in [1.165, 1.54) is 12.2 Å². The smallest absolute Gasteiger partial charge is 0.265 e. The third-order valence-corrected chi connectivity index (χ3v) is 3.16. The van der Waals surface area contributed by atoms with Gasteiger partial charge in [-0.2, -0.15) is 5.06 Å². The van der Waals surface area contributed by atoms with Gasteiger partial charge in [-0.05, 0) is 23.7 Å². The lowest BCUT2D eigenvalue weighted by Crippen LogP contribution is -2.37. The molecule has 0 saturated carbocycles. The van der Waals surface area contributed by atoms with Crippen LogP contribution in [0.2, 0.25) is 0 Å². The van der Waals surface area contributed by atoms with E-state index in [9.17, 15) is 4.79 Å². The van der Waals surface area contributed by atoms with Crippen molar-refractivity contribution in [1.82, 2.24) is 5.06 Å². The molecule has 3 nitrogen and oxygen atoms in total. The minimum Gasteiger partial charge on any atom is -0.271 e. The lowest BCUT2D eigenvalue weighted by Gasteiger charge is -2.41. The Labute approximate surface area is 109 Å². The van der Waals surface area contributed by atoms with Crippen LogP contribution in [0.4, 0.5) is 0 Å². The standard InChI is InChI=1S/C13H22ClNO2/c1-12(2)6-10(7-13(3,4)9-12)15(17-5)11(16)8-14/h6H,7-9H2,1-5H3. The summed E-state index contributed by atoms with van der Waals surface area (Å²) in [5.74, 6) is -0.277. The Morgan fingerprint density at radius 3 is 2.47 bits per heavy atom. The number of rotatable bonds is 3. The summed E-state index contributed by atoms with van der Waals surface area (Å²) >= 11 is 5.59. The Morgan fingerprint density at radius 2 is 2.06 bits per heavy atom. The molecule has 1 amide bonds. The number of hydroxylamine groups is 2. The van der Waals surface area contributed by atoms with Gasteiger partial charge in [0.25, 0.3) is 5.91 Å². The summed E-state index contributed by atoms with van der Waals surface area (Å²) in [7, 11) is 1.50. The van der Waals surface area contributed by atoms with Crippen molar-refractivity contribution in [2.45, 2.75) is 40.5 Å². The van der Waals surface area contributed by atoms with Gasteiger partial charge in [0.2, 0.25) is 0 Å². The maximum Gasteiger partial charge on any atom is 0.265 e. The fourth-order valence-electron chi connectivity index (χ4n) is 2.90. The average molecular weight is 260 g/mol. The number of carbonyl (C=O) groups is 1. The van der Waals surface area contributed by atoms with Crippen LogP contribution >= 0.6 is 11.6 Å². The van der Waals surface area contributed by atoms with Crippen molar-refractivity contribution in [3.63, 3.8) is 0 Å². The molecule has 0 heterocycles. The van der Waals surface area contributed by atoms with Crippen molar-refractivity contribution in [1.29, 1.82) is 0 Å². The van der Waals surface area contributed by atoms with Crippen molar-refractivity contribution >= 4 is 17.5 Å². The highest BCUT2D eigenvalue weighted by molar-refractivity contribution is 6.27. The van der Waals surface area contributed by atoms with E-state index < -0.39 is 0 Å². The summed E-state index contributed by atoms with van der Waals surface area (Å²) in [5.41, 5.74) is 1.15. The molecule has 0 unspecified atom stereocenters. The molecular formula is C13H22ClNO2. The fourth-order valence-corrected chi connectivity index (χ4v) is 3.01. The molecule has 1 rings (SSSR count). The zero-order valence-electron chi connectivity index (χ0n) is 11.3. The van der Waals surface area contributed by atoms with E-state index in [1.807, 2.05) is 0 Å². The zero-order chi connectivity index (χ0) is 13.3. The first kappa shape index (κ1) is 14.5. The largest absolute Gasteiger partial charge is 0.271 e. The second-order valence-electron chi connectivity index (χ2n) is 6.15. The third-order valence-electron chi connectivity index (χ3n) is 2.94. The minimum absolute atomic E-state index is 0.0635. The Hall–Kier alpha value is -0.540. The highest BCUT2D eigenvalue weighted by Crippen LogP contribution is 2.45. The first-order valence-electron chi connectivity index (χ1n) is 5.85. The summed E-state index contributed by atoms with van der Waals surface area (Å²) in [4.78, 5) is 16.9. The van der Waals surface area contributed by atoms with E-state index >= 15 is 0 Å². The van der Waals surface area contributed by atoms with Gasteiger partial charge in [0.15, 0.2) is 0 Å². The van der Waals surface area contributed by atoms with Gasteiger partial charge in [0.1, 0.15) is 5.88 Å². The molecule has 4 heteroatoms. The number of carbonyl (C=O) groups excluding carboxylic acids is 1. The number of nitrogens with zero attached hydrogens (tertiary/aromatic N) is 1. The van der Waals surface area contributed by atoms with Gasteiger partial charge in [-0.3, -0.25) is 9.63 Å². The van der Waals surface area contributed by atoms with E-state index in [2.05, 4.69) is 33.8 Å². The summed E-state index contributed by atoms with van der Waals surface area (Å²) in [6.45, 7) is 8.77. The van der Waals surface area contributed by atoms with E-state index in [0.717, 1.165) is 18.5 Å². The molecule has 0 N–H and O–H groups in total. The average Bonchev–Trinajstić information content (AvgIpc) is 2.13. The summed E-state index contributed by atoms with van der Waals surface area (Å²) in [6.07, 6.45) is 4.04. The molecule has 0 spiro atoms. The SMILES string of the molecule is CON(C(=O)CCl)C1=CC(C)(C)CC(C)(C)C1. The van der Waals surface area contributed by atoms with E-state index in [1.54, 1.807) is 0 Å². The summed E-state index contributed by atoms with van der Waals surface area (Å²) in [5, 5.41) is 1.33. The fraction of sp³-hybridized carbons (Fsp3) is 0.769. The Balaban J connectivity index is 3.03.